The third kappa shape index (κ3) is 3.97. The maximum absolute atomic E-state index is 12.4. The summed E-state index contributed by atoms with van der Waals surface area (Å²) in [7, 11) is 0. The van der Waals surface area contributed by atoms with Gasteiger partial charge in [-0.1, -0.05) is 30.3 Å². The third-order valence-electron chi connectivity index (χ3n) is 4.10. The van der Waals surface area contributed by atoms with Crippen LogP contribution in [0.5, 0.6) is 0 Å². The van der Waals surface area contributed by atoms with Gasteiger partial charge in [0, 0.05) is 19.2 Å². The predicted octanol–water partition coefficient (Wildman–Crippen LogP) is 1.83. The van der Waals surface area contributed by atoms with Gasteiger partial charge in [-0.25, -0.2) is 0 Å². The highest BCUT2D eigenvalue weighted by atomic mass is 16.2. The minimum Gasteiger partial charge on any atom is -0.342 e. The molecule has 0 bridgehead atoms. The second-order valence-corrected chi connectivity index (χ2v) is 5.80. The number of nitrogens with one attached hydrogen (secondary N) is 2. The number of rotatable bonds is 4. The molecule has 1 fully saturated rings. The Morgan fingerprint density at radius 2 is 2.09 bits per heavy atom. The third-order valence-corrected chi connectivity index (χ3v) is 4.10. The average molecular weight is 312 g/mol. The van der Waals surface area contributed by atoms with Crippen molar-refractivity contribution in [1.29, 1.82) is 0 Å². The molecule has 2 N–H and O–H groups in total. The van der Waals surface area contributed by atoms with Crippen molar-refractivity contribution in [3.05, 3.63) is 48.2 Å². The molecule has 23 heavy (non-hydrogen) atoms. The first-order valence-corrected chi connectivity index (χ1v) is 7.84. The molecule has 6 nitrogen and oxygen atoms in total. The van der Waals surface area contributed by atoms with Crippen LogP contribution in [-0.4, -0.2) is 40.0 Å². The van der Waals surface area contributed by atoms with Gasteiger partial charge in [-0.2, -0.15) is 5.10 Å². The Labute approximate surface area is 134 Å². The molecular formula is C17H20N4O2. The van der Waals surface area contributed by atoms with E-state index in [4.69, 9.17) is 0 Å². The maximum Gasteiger partial charge on any atom is 0.230 e. The zero-order valence-corrected chi connectivity index (χ0v) is 12.9. The largest absolute Gasteiger partial charge is 0.342 e. The first-order valence-electron chi connectivity index (χ1n) is 7.84. The molecule has 1 aliphatic rings. The normalized spacial score (nSPS) is 17.7. The summed E-state index contributed by atoms with van der Waals surface area (Å²) in [5.41, 5.74) is 1.00. The SMILES string of the molecule is O=C(Nc1ccn[nH]1)[C@@H]1CCCN(C(=O)Cc2ccccc2)C1. The highest BCUT2D eigenvalue weighted by Crippen LogP contribution is 2.19. The van der Waals surface area contributed by atoms with Crippen molar-refractivity contribution in [3.63, 3.8) is 0 Å². The molecule has 0 spiro atoms. The number of carbonyl (C=O) groups excluding carboxylic acids is 2. The van der Waals surface area contributed by atoms with Gasteiger partial charge in [0.2, 0.25) is 11.8 Å². The van der Waals surface area contributed by atoms with Crippen molar-refractivity contribution in [2.75, 3.05) is 18.4 Å². The van der Waals surface area contributed by atoms with Crippen LogP contribution < -0.4 is 5.32 Å². The molecule has 1 aliphatic heterocycles. The minimum atomic E-state index is -0.174. The van der Waals surface area contributed by atoms with E-state index in [0.717, 1.165) is 24.9 Å². The summed E-state index contributed by atoms with van der Waals surface area (Å²) in [6.45, 7) is 1.20. The number of anilines is 1. The zero-order chi connectivity index (χ0) is 16.1. The van der Waals surface area contributed by atoms with Gasteiger partial charge in [0.15, 0.2) is 0 Å². The number of amides is 2. The molecule has 0 saturated carbocycles. The molecule has 0 radical (unpaired) electrons. The fourth-order valence-corrected chi connectivity index (χ4v) is 2.86. The summed E-state index contributed by atoms with van der Waals surface area (Å²) >= 11 is 0. The Kier molecular flexibility index (Phi) is 4.71. The minimum absolute atomic E-state index is 0.0635. The quantitative estimate of drug-likeness (QED) is 0.904. The average Bonchev–Trinajstić information content (AvgIpc) is 3.09. The Bertz CT molecular complexity index is 654. The number of hydrogen-bond acceptors (Lipinski definition) is 3. The number of carbonyl (C=O) groups is 2. The van der Waals surface area contributed by atoms with Crippen LogP contribution in [0.15, 0.2) is 42.6 Å². The Hall–Kier alpha value is -2.63. The predicted molar refractivity (Wildman–Crippen MR) is 86.7 cm³/mol. The zero-order valence-electron chi connectivity index (χ0n) is 12.9. The van der Waals surface area contributed by atoms with E-state index in [1.807, 2.05) is 30.3 Å². The lowest BCUT2D eigenvalue weighted by molar-refractivity contribution is -0.133. The summed E-state index contributed by atoms with van der Waals surface area (Å²) in [4.78, 5) is 26.5. The smallest absolute Gasteiger partial charge is 0.230 e. The molecule has 120 valence electrons. The van der Waals surface area contributed by atoms with Crippen molar-refractivity contribution in [1.82, 2.24) is 15.1 Å². The van der Waals surface area contributed by atoms with Crippen LogP contribution in [0.2, 0.25) is 0 Å². The molecule has 2 amide bonds. The van der Waals surface area contributed by atoms with Gasteiger partial charge < -0.3 is 10.2 Å². The van der Waals surface area contributed by atoms with Gasteiger partial charge in [0.05, 0.1) is 18.5 Å². The molecule has 1 aromatic carbocycles. The Balaban J connectivity index is 1.57. The van der Waals surface area contributed by atoms with Gasteiger partial charge in [-0.15, -0.1) is 0 Å². The summed E-state index contributed by atoms with van der Waals surface area (Å²) in [6.07, 6.45) is 3.62. The number of aromatic nitrogens is 2. The molecule has 2 aromatic rings. The van der Waals surface area contributed by atoms with E-state index in [0.29, 0.717) is 18.8 Å². The van der Waals surface area contributed by atoms with E-state index >= 15 is 0 Å². The van der Waals surface area contributed by atoms with Gasteiger partial charge in [0.25, 0.3) is 0 Å². The van der Waals surface area contributed by atoms with Crippen LogP contribution in [-0.2, 0) is 16.0 Å². The fourth-order valence-electron chi connectivity index (χ4n) is 2.86. The Morgan fingerprint density at radius 3 is 2.83 bits per heavy atom. The second kappa shape index (κ2) is 7.09. The second-order valence-electron chi connectivity index (χ2n) is 5.80. The maximum atomic E-state index is 12.4. The van der Waals surface area contributed by atoms with Crippen molar-refractivity contribution in [3.8, 4) is 0 Å². The lowest BCUT2D eigenvalue weighted by Gasteiger charge is -2.32. The molecule has 0 aliphatic carbocycles. The van der Waals surface area contributed by atoms with E-state index in [2.05, 4.69) is 15.5 Å². The van der Waals surface area contributed by atoms with Crippen molar-refractivity contribution in [2.45, 2.75) is 19.3 Å². The number of hydrogen-bond donors (Lipinski definition) is 2. The van der Waals surface area contributed by atoms with Crippen molar-refractivity contribution >= 4 is 17.6 Å². The van der Waals surface area contributed by atoms with E-state index in [1.54, 1.807) is 17.2 Å². The summed E-state index contributed by atoms with van der Waals surface area (Å²) in [6, 6.07) is 11.4. The van der Waals surface area contributed by atoms with Gasteiger partial charge in [0.1, 0.15) is 5.82 Å². The van der Waals surface area contributed by atoms with Crippen LogP contribution in [0, 0.1) is 5.92 Å². The number of aromatic amines is 1. The van der Waals surface area contributed by atoms with Crippen molar-refractivity contribution in [2.24, 2.45) is 5.92 Å². The van der Waals surface area contributed by atoms with Crippen LogP contribution in [0.25, 0.3) is 0 Å². The van der Waals surface area contributed by atoms with Crippen LogP contribution in [0.3, 0.4) is 0 Å². The number of piperidine rings is 1. The Morgan fingerprint density at radius 1 is 1.26 bits per heavy atom. The molecule has 1 atom stereocenters. The first kappa shape index (κ1) is 15.3. The van der Waals surface area contributed by atoms with Crippen LogP contribution in [0.4, 0.5) is 5.82 Å². The van der Waals surface area contributed by atoms with Gasteiger partial charge >= 0.3 is 0 Å². The lowest BCUT2D eigenvalue weighted by Crippen LogP contribution is -2.44. The standard InChI is InChI=1S/C17H20N4O2/c22-16(11-13-5-2-1-3-6-13)21-10-4-7-14(12-21)17(23)19-15-8-9-18-20-15/h1-3,5-6,8-9,14H,4,7,10-12H2,(H2,18,19,20,23)/t14-/m1/s1. The topological polar surface area (TPSA) is 78.1 Å². The van der Waals surface area contributed by atoms with E-state index < -0.39 is 0 Å². The van der Waals surface area contributed by atoms with Gasteiger partial charge in [-0.05, 0) is 18.4 Å². The molecule has 0 unspecified atom stereocenters. The molecular weight excluding hydrogens is 292 g/mol. The molecule has 1 saturated heterocycles. The van der Waals surface area contributed by atoms with E-state index in [-0.39, 0.29) is 17.7 Å². The summed E-state index contributed by atoms with van der Waals surface area (Å²) in [5, 5.41) is 9.32. The lowest BCUT2D eigenvalue weighted by atomic mass is 9.96. The molecule has 2 heterocycles. The summed E-state index contributed by atoms with van der Waals surface area (Å²) in [5.74, 6) is 0.427. The number of H-pyrrole nitrogens is 1. The van der Waals surface area contributed by atoms with Crippen LogP contribution in [0.1, 0.15) is 18.4 Å². The molecule has 3 rings (SSSR count). The fraction of sp³-hybridized carbons (Fsp3) is 0.353. The first-order chi connectivity index (χ1) is 11.2. The highest BCUT2D eigenvalue weighted by Gasteiger charge is 2.28. The molecule has 1 aromatic heterocycles. The monoisotopic (exact) mass is 312 g/mol. The number of likely N-dealkylation sites (tertiary alicyclic amines) is 1. The van der Waals surface area contributed by atoms with Crippen molar-refractivity contribution < 1.29 is 9.59 Å². The van der Waals surface area contributed by atoms with E-state index in [9.17, 15) is 9.59 Å². The van der Waals surface area contributed by atoms with Gasteiger partial charge in [-0.3, -0.25) is 14.7 Å². The number of benzene rings is 1. The van der Waals surface area contributed by atoms with E-state index in [1.165, 1.54) is 0 Å². The molecule has 6 heteroatoms. The van der Waals surface area contributed by atoms with Crippen LogP contribution >= 0.6 is 0 Å². The summed E-state index contributed by atoms with van der Waals surface area (Å²) < 4.78 is 0. The number of nitrogens with zero attached hydrogens (tertiary/aromatic N) is 2. The highest BCUT2D eigenvalue weighted by molar-refractivity contribution is 5.92.